The number of hydrogen-bond donors (Lipinski definition) is 0. The Labute approximate surface area is 542 Å². The van der Waals surface area contributed by atoms with Crippen molar-refractivity contribution in [2.24, 2.45) is 0 Å². The monoisotopic (exact) mass is 1180 g/mol. The van der Waals surface area contributed by atoms with Gasteiger partial charge in [-0.25, -0.2) is 0 Å². The molecule has 0 heterocycles. The first-order valence-corrected chi connectivity index (χ1v) is 30.7. The molecule has 0 bridgehead atoms. The molecule has 12 aromatic carbocycles. The number of rotatable bonds is 10. The van der Waals surface area contributed by atoms with Crippen LogP contribution in [0.25, 0.3) is 44.6 Å². The molecule has 14 rings (SSSR count). The van der Waals surface area contributed by atoms with E-state index in [1.54, 1.807) is 0 Å². The van der Waals surface area contributed by atoms with Gasteiger partial charge in [0.1, 0.15) is 11.5 Å². The Morgan fingerprint density at radius 3 is 0.538 bits per heavy atom. The summed E-state index contributed by atoms with van der Waals surface area (Å²) in [4.78, 5) is 31.0. The third-order valence-electron chi connectivity index (χ3n) is 16.2. The lowest BCUT2D eigenvalue weighted by Gasteiger charge is -2.15. The summed E-state index contributed by atoms with van der Waals surface area (Å²) >= 11 is 0. The number of carbonyl (C=O) groups is 2. The second-order valence-electron chi connectivity index (χ2n) is 22.3. The van der Waals surface area contributed by atoms with Gasteiger partial charge < -0.3 is 4.74 Å². The number of Topliss-reactive ketones (excluding diaryl/α,β-unsaturated/α-hetero) is 2. The molecule has 93 heavy (non-hydrogen) atoms. The van der Waals surface area contributed by atoms with Gasteiger partial charge in [-0.1, -0.05) is 254 Å². The van der Waals surface area contributed by atoms with Crippen molar-refractivity contribution in [1.29, 1.82) is 0 Å². The SMILES string of the molecule is O=C1C(c2ccccc2)=C(c2ccc(C#Cc3ccccc3)cc2)C(c2ccc(Oc3ccc(C4=C(c5ccc(C#Cc6ccccc6)cc5)C(=O)C(c5ccccc5)=C4c4ccc(C#Cc5ccccc5)cc4)cc3)cc2)=C1c1ccc(C#Cc2ccccc2)cc1. The van der Waals surface area contributed by atoms with Gasteiger partial charge in [-0.3, -0.25) is 9.59 Å². The van der Waals surface area contributed by atoms with Gasteiger partial charge in [0.05, 0.1) is 0 Å². The molecule has 0 amide bonds. The van der Waals surface area contributed by atoms with Crippen molar-refractivity contribution in [3.8, 4) is 58.9 Å². The van der Waals surface area contributed by atoms with Crippen molar-refractivity contribution in [3.63, 3.8) is 0 Å². The summed E-state index contributed by atoms with van der Waals surface area (Å²) in [6.45, 7) is 0. The Balaban J connectivity index is 0.835. The Morgan fingerprint density at radius 2 is 0.323 bits per heavy atom. The lowest BCUT2D eigenvalue weighted by molar-refractivity contribution is -0.109. The Morgan fingerprint density at radius 1 is 0.161 bits per heavy atom. The van der Waals surface area contributed by atoms with Gasteiger partial charge in [-0.2, -0.15) is 0 Å². The van der Waals surface area contributed by atoms with E-state index < -0.39 is 0 Å². The van der Waals surface area contributed by atoms with Crippen LogP contribution in [-0.4, -0.2) is 11.6 Å². The van der Waals surface area contributed by atoms with Gasteiger partial charge in [0.2, 0.25) is 0 Å². The fraction of sp³-hybridized carbons (Fsp3) is 0. The largest absolute Gasteiger partial charge is 0.457 e. The maximum atomic E-state index is 15.5. The van der Waals surface area contributed by atoms with Crippen LogP contribution in [0.15, 0.2) is 328 Å². The van der Waals surface area contributed by atoms with Crippen molar-refractivity contribution in [1.82, 2.24) is 0 Å². The van der Waals surface area contributed by atoms with E-state index >= 15 is 9.59 Å². The molecule has 0 unspecified atom stereocenters. The van der Waals surface area contributed by atoms with Crippen LogP contribution in [0.1, 0.15) is 89.0 Å². The number of ketones is 2. The van der Waals surface area contributed by atoms with Crippen LogP contribution in [0.5, 0.6) is 11.5 Å². The first kappa shape index (κ1) is 57.7. The molecule has 0 atom stereocenters. The van der Waals surface area contributed by atoms with Crippen molar-refractivity contribution >= 4 is 56.2 Å². The van der Waals surface area contributed by atoms with Crippen molar-refractivity contribution in [2.75, 3.05) is 0 Å². The quantitative estimate of drug-likeness (QED) is 0.128. The molecule has 3 nitrogen and oxygen atoms in total. The maximum absolute atomic E-state index is 15.5. The summed E-state index contributed by atoms with van der Waals surface area (Å²) in [5, 5.41) is 0. The summed E-state index contributed by atoms with van der Waals surface area (Å²) in [6, 6.07) is 108. The molecule has 0 aromatic heterocycles. The minimum absolute atomic E-state index is 0.0749. The van der Waals surface area contributed by atoms with Crippen LogP contribution < -0.4 is 4.74 Å². The number of allylic oxidation sites excluding steroid dienone is 8. The summed E-state index contributed by atoms with van der Waals surface area (Å²) in [6.07, 6.45) is 0. The minimum atomic E-state index is -0.0749. The van der Waals surface area contributed by atoms with Crippen LogP contribution in [0, 0.1) is 47.4 Å². The highest BCUT2D eigenvalue weighted by molar-refractivity contribution is 6.60. The molecule has 0 saturated carbocycles. The fourth-order valence-corrected chi connectivity index (χ4v) is 11.7. The van der Waals surface area contributed by atoms with Gasteiger partial charge >= 0.3 is 0 Å². The molecule has 0 saturated heterocycles. The highest BCUT2D eigenvalue weighted by atomic mass is 16.5. The highest BCUT2D eigenvalue weighted by Gasteiger charge is 2.37. The standard InChI is InChI=1S/C90H54O3/c91-89-85(71-27-15-5-16-28-71)81(73-47-39-67(40-48-73)35-31-63-19-7-1-8-20-63)83(87(89)77-51-43-69(44-52-77)37-33-65-23-11-3-12-24-65)75-55-59-79(60-56-75)93-80-61-57-76(58-62-80)84-82(74-49-41-68(42-50-74)36-32-64-21-9-2-10-22-64)86(72-29-17-6-18-30-72)90(92)88(84)78-53-45-70(46-54-78)38-34-66-25-13-4-14-26-66/h1-30,39-62H. The molecule has 2 aliphatic carbocycles. The average molecular weight is 1180 g/mol. The topological polar surface area (TPSA) is 43.4 Å². The van der Waals surface area contributed by atoms with E-state index in [2.05, 4.69) is 71.6 Å². The molecule has 2 aliphatic rings. The van der Waals surface area contributed by atoms with Crippen molar-refractivity contribution in [3.05, 3.63) is 417 Å². The molecule has 0 fully saturated rings. The highest BCUT2D eigenvalue weighted by Crippen LogP contribution is 2.52. The van der Waals surface area contributed by atoms with Crippen molar-refractivity contribution in [2.45, 2.75) is 0 Å². The van der Waals surface area contributed by atoms with Gasteiger partial charge in [-0.05, 0) is 166 Å². The molecule has 0 N–H and O–H groups in total. The second-order valence-corrected chi connectivity index (χ2v) is 22.3. The van der Waals surface area contributed by atoms with Gasteiger partial charge in [0, 0.05) is 89.1 Å². The third kappa shape index (κ3) is 12.8. The molecule has 0 radical (unpaired) electrons. The van der Waals surface area contributed by atoms with E-state index in [4.69, 9.17) is 4.74 Å². The lowest BCUT2D eigenvalue weighted by atomic mass is 9.88. The van der Waals surface area contributed by atoms with E-state index in [0.29, 0.717) is 33.8 Å². The Hall–Kier alpha value is -13.0. The second kappa shape index (κ2) is 26.8. The maximum Gasteiger partial charge on any atom is 0.195 e. The third-order valence-corrected chi connectivity index (χ3v) is 16.2. The smallest absolute Gasteiger partial charge is 0.195 e. The van der Waals surface area contributed by atoms with Crippen molar-refractivity contribution < 1.29 is 14.3 Å². The molecular formula is C90H54O3. The molecule has 3 heteroatoms. The summed E-state index contributed by atoms with van der Waals surface area (Å²) in [7, 11) is 0. The number of hydrogen-bond acceptors (Lipinski definition) is 3. The average Bonchev–Trinajstić information content (AvgIpc) is 1.60. The lowest BCUT2D eigenvalue weighted by Crippen LogP contribution is -2.02. The predicted molar refractivity (Wildman–Crippen MR) is 379 cm³/mol. The van der Waals surface area contributed by atoms with Crippen LogP contribution in [0.2, 0.25) is 0 Å². The summed E-state index contributed by atoms with van der Waals surface area (Å²) in [5.41, 5.74) is 19.4. The van der Waals surface area contributed by atoms with E-state index in [9.17, 15) is 0 Å². The van der Waals surface area contributed by atoms with E-state index in [-0.39, 0.29) is 11.6 Å². The first-order valence-electron chi connectivity index (χ1n) is 30.7. The molecule has 12 aromatic rings. The number of ether oxygens (including phenoxy) is 1. The minimum Gasteiger partial charge on any atom is -0.457 e. The van der Waals surface area contributed by atoms with Crippen LogP contribution >= 0.6 is 0 Å². The zero-order chi connectivity index (χ0) is 62.7. The molecule has 0 aliphatic heterocycles. The predicted octanol–water partition coefficient (Wildman–Crippen LogP) is 19.3. The van der Waals surface area contributed by atoms with Gasteiger partial charge in [-0.15, -0.1) is 0 Å². The molecule has 0 spiro atoms. The Bertz CT molecular complexity index is 4850. The zero-order valence-electron chi connectivity index (χ0n) is 50.4. The normalized spacial score (nSPS) is 12.5. The number of benzene rings is 12. The van der Waals surface area contributed by atoms with E-state index in [0.717, 1.165) is 111 Å². The zero-order valence-corrected chi connectivity index (χ0v) is 50.4. The van der Waals surface area contributed by atoms with E-state index in [1.807, 2.05) is 303 Å². The van der Waals surface area contributed by atoms with Crippen LogP contribution in [0.4, 0.5) is 0 Å². The number of carbonyl (C=O) groups excluding carboxylic acids is 2. The summed E-state index contributed by atoms with van der Waals surface area (Å²) < 4.78 is 6.71. The molecular weight excluding hydrogens is 1130 g/mol. The van der Waals surface area contributed by atoms with E-state index in [1.165, 1.54) is 0 Å². The summed E-state index contributed by atoms with van der Waals surface area (Å²) in [5.74, 6) is 27.4. The Kier molecular flexibility index (Phi) is 16.6. The van der Waals surface area contributed by atoms with Crippen LogP contribution in [0.3, 0.4) is 0 Å². The van der Waals surface area contributed by atoms with Gasteiger partial charge in [0.25, 0.3) is 0 Å². The molecule has 432 valence electrons. The fourth-order valence-electron chi connectivity index (χ4n) is 11.7. The first-order chi connectivity index (χ1) is 45.9. The van der Waals surface area contributed by atoms with Crippen LogP contribution in [-0.2, 0) is 9.59 Å². The van der Waals surface area contributed by atoms with Gasteiger partial charge in [0.15, 0.2) is 11.6 Å².